The van der Waals surface area contributed by atoms with Crippen LogP contribution < -0.4 is 10.9 Å². The quantitative estimate of drug-likeness (QED) is 0.474. The molecule has 2 aromatic carbocycles. The maximum Gasteiger partial charge on any atom is 0.239 e. The molecule has 24 heavy (non-hydrogen) atoms. The van der Waals surface area contributed by atoms with E-state index in [4.69, 9.17) is 11.6 Å². The average Bonchev–Trinajstić information content (AvgIpc) is 2.99. The molecule has 0 bridgehead atoms. The molecule has 0 fully saturated rings. The molecule has 124 valence electrons. The van der Waals surface area contributed by atoms with Gasteiger partial charge in [0.1, 0.15) is 5.52 Å². The van der Waals surface area contributed by atoms with Gasteiger partial charge in [0, 0.05) is 17.1 Å². The van der Waals surface area contributed by atoms with Gasteiger partial charge in [-0.25, -0.2) is 4.98 Å². The molecule has 1 heterocycles. The molecule has 0 radical (unpaired) electrons. The number of hydrogen-bond donors (Lipinski definition) is 2. The number of hydrogen-bond acceptors (Lipinski definition) is 5. The summed E-state index contributed by atoms with van der Waals surface area (Å²) in [5.41, 5.74) is 7.51. The minimum Gasteiger partial charge on any atom is -0.273 e. The van der Waals surface area contributed by atoms with E-state index in [2.05, 4.69) is 47.0 Å². The number of aryl methyl sites for hydroxylation is 1. The standard InChI is InChI=1S/C17H16ClN3OS2/c1-11-5-7-12(8-6-11)23-10-9-15(22)20-21-17-19-16-13(18)3-2-4-14(16)24-17/h2-8H,9-10H2,1H3,(H,19,21)(H,20,22). The Morgan fingerprint density at radius 2 is 2.04 bits per heavy atom. The largest absolute Gasteiger partial charge is 0.273 e. The molecule has 3 rings (SSSR count). The van der Waals surface area contributed by atoms with Gasteiger partial charge < -0.3 is 0 Å². The van der Waals surface area contributed by atoms with E-state index in [9.17, 15) is 4.79 Å². The van der Waals surface area contributed by atoms with Crippen LogP contribution in [0.2, 0.25) is 5.02 Å². The number of nitrogens with one attached hydrogen (secondary N) is 2. The Balaban J connectivity index is 1.46. The molecule has 0 unspecified atom stereocenters. The molecular weight excluding hydrogens is 362 g/mol. The highest BCUT2D eigenvalue weighted by Gasteiger charge is 2.08. The highest BCUT2D eigenvalue weighted by molar-refractivity contribution is 7.99. The predicted molar refractivity (Wildman–Crippen MR) is 103 cm³/mol. The summed E-state index contributed by atoms with van der Waals surface area (Å²) in [5.74, 6) is 0.655. The van der Waals surface area contributed by atoms with E-state index >= 15 is 0 Å². The number of carbonyl (C=O) groups is 1. The predicted octanol–water partition coefficient (Wildman–Crippen LogP) is 4.88. The van der Waals surface area contributed by atoms with Crippen molar-refractivity contribution in [1.82, 2.24) is 10.4 Å². The molecule has 3 aromatic rings. The second kappa shape index (κ2) is 7.88. The van der Waals surface area contributed by atoms with E-state index in [0.29, 0.717) is 16.6 Å². The minimum atomic E-state index is -0.0695. The van der Waals surface area contributed by atoms with E-state index in [1.165, 1.54) is 21.8 Å². The van der Waals surface area contributed by atoms with Crippen LogP contribution in [0.5, 0.6) is 0 Å². The number of amides is 1. The summed E-state index contributed by atoms with van der Waals surface area (Å²) in [4.78, 5) is 17.5. The number of benzene rings is 2. The zero-order valence-corrected chi connectivity index (χ0v) is 15.4. The Hall–Kier alpha value is -1.76. The number of halogens is 1. The molecule has 0 saturated carbocycles. The lowest BCUT2D eigenvalue weighted by atomic mass is 10.2. The van der Waals surface area contributed by atoms with Gasteiger partial charge in [-0.1, -0.05) is 46.7 Å². The third-order valence-electron chi connectivity index (χ3n) is 3.30. The van der Waals surface area contributed by atoms with Gasteiger partial charge in [-0.15, -0.1) is 11.8 Å². The van der Waals surface area contributed by atoms with Gasteiger partial charge >= 0.3 is 0 Å². The van der Waals surface area contributed by atoms with E-state index < -0.39 is 0 Å². The molecule has 0 saturated heterocycles. The van der Waals surface area contributed by atoms with Crippen molar-refractivity contribution < 1.29 is 4.79 Å². The summed E-state index contributed by atoms with van der Waals surface area (Å²) >= 11 is 9.21. The second-order valence-corrected chi connectivity index (χ2v) is 7.80. The molecule has 0 aliphatic rings. The number of fused-ring (bicyclic) bond motifs is 1. The number of hydrazine groups is 1. The van der Waals surface area contributed by atoms with Gasteiger partial charge in [0.15, 0.2) is 0 Å². The number of aromatic nitrogens is 1. The van der Waals surface area contributed by atoms with Gasteiger partial charge in [-0.2, -0.15) is 0 Å². The van der Waals surface area contributed by atoms with Gasteiger partial charge in [0.05, 0.1) is 9.72 Å². The number of thioether (sulfide) groups is 1. The van der Waals surface area contributed by atoms with Crippen LogP contribution >= 0.6 is 34.7 Å². The highest BCUT2D eigenvalue weighted by atomic mass is 35.5. The summed E-state index contributed by atoms with van der Waals surface area (Å²) in [6, 6.07) is 13.9. The number of anilines is 1. The molecule has 4 nitrogen and oxygen atoms in total. The average molecular weight is 378 g/mol. The lowest BCUT2D eigenvalue weighted by Crippen LogP contribution is -2.29. The molecular formula is C17H16ClN3OS2. The van der Waals surface area contributed by atoms with Crippen LogP contribution in [0.1, 0.15) is 12.0 Å². The summed E-state index contributed by atoms with van der Waals surface area (Å²) in [5, 5.41) is 1.23. The lowest BCUT2D eigenvalue weighted by Gasteiger charge is -2.05. The Labute approximate surface area is 153 Å². The number of nitrogens with zero attached hydrogens (tertiary/aromatic N) is 1. The number of rotatable bonds is 6. The normalized spacial score (nSPS) is 10.8. The van der Waals surface area contributed by atoms with Gasteiger partial charge in [0.25, 0.3) is 0 Å². The number of thiazole rings is 1. The van der Waals surface area contributed by atoms with Gasteiger partial charge in [-0.3, -0.25) is 15.6 Å². The van der Waals surface area contributed by atoms with Crippen LogP contribution in [0.3, 0.4) is 0 Å². The molecule has 1 aromatic heterocycles. The van der Waals surface area contributed by atoms with Crippen molar-refractivity contribution in [3.63, 3.8) is 0 Å². The third-order valence-corrected chi connectivity index (χ3v) is 5.55. The minimum absolute atomic E-state index is 0.0695. The van der Waals surface area contributed by atoms with Gasteiger partial charge in [0.2, 0.25) is 11.0 Å². The van der Waals surface area contributed by atoms with Crippen molar-refractivity contribution in [2.24, 2.45) is 0 Å². The maximum absolute atomic E-state index is 11.9. The Bertz CT molecular complexity index is 849. The second-order valence-electron chi connectivity index (χ2n) is 5.19. The van der Waals surface area contributed by atoms with Crippen LogP contribution in [-0.4, -0.2) is 16.6 Å². The fraction of sp³-hybridized carbons (Fsp3) is 0.176. The Morgan fingerprint density at radius 1 is 1.25 bits per heavy atom. The molecule has 0 aliphatic heterocycles. The molecule has 2 N–H and O–H groups in total. The van der Waals surface area contributed by atoms with E-state index in [1.807, 2.05) is 12.1 Å². The lowest BCUT2D eigenvalue weighted by molar-refractivity contribution is -0.120. The molecule has 0 aliphatic carbocycles. The first-order valence-corrected chi connectivity index (χ1v) is 9.59. The summed E-state index contributed by atoms with van der Waals surface area (Å²) in [6.45, 7) is 2.06. The van der Waals surface area contributed by atoms with Crippen LogP contribution in [0.25, 0.3) is 10.2 Å². The van der Waals surface area contributed by atoms with Crippen LogP contribution in [0.4, 0.5) is 5.13 Å². The highest BCUT2D eigenvalue weighted by Crippen LogP contribution is 2.30. The van der Waals surface area contributed by atoms with E-state index in [-0.39, 0.29) is 5.91 Å². The van der Waals surface area contributed by atoms with Crippen LogP contribution in [0, 0.1) is 6.92 Å². The molecule has 0 atom stereocenters. The SMILES string of the molecule is Cc1ccc(SCCC(=O)NNc2nc3c(Cl)cccc3s2)cc1. The summed E-state index contributed by atoms with van der Waals surface area (Å²) in [7, 11) is 0. The number of para-hydroxylation sites is 1. The molecule has 7 heteroatoms. The van der Waals surface area contributed by atoms with Crippen molar-refractivity contribution in [1.29, 1.82) is 0 Å². The topological polar surface area (TPSA) is 54.0 Å². The fourth-order valence-corrected chi connectivity index (χ4v) is 4.02. The van der Waals surface area contributed by atoms with Crippen LogP contribution in [-0.2, 0) is 4.79 Å². The smallest absolute Gasteiger partial charge is 0.239 e. The monoisotopic (exact) mass is 377 g/mol. The van der Waals surface area contributed by atoms with Crippen LogP contribution in [0.15, 0.2) is 47.4 Å². The van der Waals surface area contributed by atoms with E-state index in [1.54, 1.807) is 17.8 Å². The molecule has 0 spiro atoms. The first kappa shape index (κ1) is 17.1. The number of carbonyl (C=O) groups excluding carboxylic acids is 1. The maximum atomic E-state index is 11.9. The molecule has 1 amide bonds. The van der Waals surface area contributed by atoms with Gasteiger partial charge in [-0.05, 0) is 31.2 Å². The van der Waals surface area contributed by atoms with Crippen molar-refractivity contribution in [2.75, 3.05) is 11.2 Å². The van der Waals surface area contributed by atoms with Crippen molar-refractivity contribution in [3.8, 4) is 0 Å². The first-order valence-electron chi connectivity index (χ1n) is 7.41. The fourth-order valence-electron chi connectivity index (χ4n) is 2.05. The summed E-state index contributed by atoms with van der Waals surface area (Å²) < 4.78 is 0.981. The zero-order chi connectivity index (χ0) is 16.9. The first-order chi connectivity index (χ1) is 11.6. The van der Waals surface area contributed by atoms with Crippen molar-refractivity contribution in [2.45, 2.75) is 18.2 Å². The van der Waals surface area contributed by atoms with E-state index in [0.717, 1.165) is 16.0 Å². The third kappa shape index (κ3) is 4.41. The summed E-state index contributed by atoms with van der Waals surface area (Å²) in [6.07, 6.45) is 0.428. The zero-order valence-electron chi connectivity index (χ0n) is 13.0. The Morgan fingerprint density at radius 3 is 2.79 bits per heavy atom. The van der Waals surface area contributed by atoms with Crippen molar-refractivity contribution in [3.05, 3.63) is 53.1 Å². The Kier molecular flexibility index (Phi) is 5.60. The van der Waals surface area contributed by atoms with Crippen molar-refractivity contribution >= 4 is 56.0 Å².